The van der Waals surface area contributed by atoms with Crippen LogP contribution in [0.1, 0.15) is 25.7 Å². The van der Waals surface area contributed by atoms with Crippen LogP contribution < -0.4 is 5.73 Å². The van der Waals surface area contributed by atoms with Crippen molar-refractivity contribution in [1.29, 1.82) is 0 Å². The lowest BCUT2D eigenvalue weighted by molar-refractivity contribution is 0.0592. The third-order valence-corrected chi connectivity index (χ3v) is 3.22. The summed E-state index contributed by atoms with van der Waals surface area (Å²) in [6.07, 6.45) is 0. The molecule has 7 heteroatoms. The fraction of sp³-hybridized carbons (Fsp3) is 0.0833. The van der Waals surface area contributed by atoms with Crippen LogP contribution in [0.4, 0.5) is 9.52 Å². The van der Waals surface area contributed by atoms with Gasteiger partial charge in [-0.3, -0.25) is 4.79 Å². The maximum absolute atomic E-state index is 12.8. The Labute approximate surface area is 111 Å². The molecule has 0 amide bonds. The first-order valence-corrected chi connectivity index (χ1v) is 5.99. The van der Waals surface area contributed by atoms with Gasteiger partial charge in [0.1, 0.15) is 10.7 Å². The largest absolute Gasteiger partial charge is 0.464 e. The molecule has 0 fully saturated rings. The fourth-order valence-electron chi connectivity index (χ4n) is 1.46. The number of ether oxygens (including phenoxy) is 1. The van der Waals surface area contributed by atoms with E-state index in [0.29, 0.717) is 0 Å². The number of hydrogen-bond donors (Lipinski definition) is 1. The Morgan fingerprint density at radius 3 is 2.53 bits per heavy atom. The molecule has 2 N–H and O–H groups in total. The predicted molar refractivity (Wildman–Crippen MR) is 67.7 cm³/mol. The molecule has 1 heterocycles. The quantitative estimate of drug-likeness (QED) is 0.685. The zero-order chi connectivity index (χ0) is 14.0. The van der Waals surface area contributed by atoms with Gasteiger partial charge in [-0.25, -0.2) is 14.2 Å². The minimum absolute atomic E-state index is 0.0796. The Morgan fingerprint density at radius 1 is 1.32 bits per heavy atom. The molecule has 0 radical (unpaired) electrons. The first-order valence-electron chi connectivity index (χ1n) is 5.18. The van der Waals surface area contributed by atoms with Crippen LogP contribution in [0.25, 0.3) is 0 Å². The fourth-order valence-corrected chi connectivity index (χ4v) is 2.24. The lowest BCUT2D eigenvalue weighted by atomic mass is 10.1. The number of carbonyl (C=O) groups is 2. The number of hydrogen-bond acceptors (Lipinski definition) is 6. The summed E-state index contributed by atoms with van der Waals surface area (Å²) in [6.45, 7) is 0. The van der Waals surface area contributed by atoms with Gasteiger partial charge >= 0.3 is 5.97 Å². The van der Waals surface area contributed by atoms with Crippen molar-refractivity contribution in [3.05, 3.63) is 46.2 Å². The number of rotatable bonds is 3. The topological polar surface area (TPSA) is 82.3 Å². The molecule has 1 aromatic carbocycles. The second-order valence-electron chi connectivity index (χ2n) is 3.56. The van der Waals surface area contributed by atoms with Crippen molar-refractivity contribution in [3.63, 3.8) is 0 Å². The number of nitrogen functional groups attached to an aromatic ring is 1. The van der Waals surface area contributed by atoms with Crippen LogP contribution in [-0.2, 0) is 4.74 Å². The Bertz CT molecular complexity index is 637. The van der Waals surface area contributed by atoms with Crippen LogP contribution in [0.15, 0.2) is 24.3 Å². The van der Waals surface area contributed by atoms with Gasteiger partial charge < -0.3 is 10.5 Å². The highest BCUT2D eigenvalue weighted by Crippen LogP contribution is 2.24. The molecule has 0 atom stereocenters. The highest BCUT2D eigenvalue weighted by molar-refractivity contribution is 7.17. The van der Waals surface area contributed by atoms with E-state index in [2.05, 4.69) is 9.72 Å². The highest BCUT2D eigenvalue weighted by atomic mass is 32.1. The van der Waals surface area contributed by atoms with Crippen molar-refractivity contribution in [2.45, 2.75) is 0 Å². The maximum Gasteiger partial charge on any atom is 0.358 e. The zero-order valence-corrected chi connectivity index (χ0v) is 10.7. The average molecular weight is 280 g/mol. The molecule has 0 saturated carbocycles. The number of nitrogens with zero attached hydrogens (tertiary/aromatic N) is 1. The van der Waals surface area contributed by atoms with Gasteiger partial charge in [-0.1, -0.05) is 11.3 Å². The van der Waals surface area contributed by atoms with Crippen LogP contribution >= 0.6 is 11.3 Å². The Kier molecular flexibility index (Phi) is 3.57. The van der Waals surface area contributed by atoms with E-state index in [1.807, 2.05) is 0 Å². The summed E-state index contributed by atoms with van der Waals surface area (Å²) in [6, 6.07) is 4.98. The molecule has 0 aliphatic rings. The molecule has 5 nitrogen and oxygen atoms in total. The molecule has 2 aromatic rings. The van der Waals surface area contributed by atoms with Crippen molar-refractivity contribution in [2.24, 2.45) is 0 Å². The average Bonchev–Trinajstić information content (AvgIpc) is 2.80. The van der Waals surface area contributed by atoms with Crippen LogP contribution in [0.5, 0.6) is 0 Å². The Balaban J connectivity index is 2.44. The van der Waals surface area contributed by atoms with E-state index in [0.717, 1.165) is 23.5 Å². The number of nitrogens with two attached hydrogens (primary N) is 1. The molecule has 0 aliphatic heterocycles. The van der Waals surface area contributed by atoms with Crippen LogP contribution in [-0.4, -0.2) is 23.8 Å². The van der Waals surface area contributed by atoms with Gasteiger partial charge in [0.05, 0.1) is 7.11 Å². The monoisotopic (exact) mass is 280 g/mol. The lowest BCUT2D eigenvalue weighted by Crippen LogP contribution is -2.09. The molecule has 19 heavy (non-hydrogen) atoms. The molecular weight excluding hydrogens is 271 g/mol. The summed E-state index contributed by atoms with van der Waals surface area (Å²) in [7, 11) is 1.18. The number of esters is 1. The molecule has 0 bridgehead atoms. The molecular formula is C12H9FN2O3S. The van der Waals surface area contributed by atoms with Gasteiger partial charge in [0.15, 0.2) is 10.8 Å². The molecule has 98 valence electrons. The van der Waals surface area contributed by atoms with Gasteiger partial charge in [-0.15, -0.1) is 0 Å². The summed E-state index contributed by atoms with van der Waals surface area (Å²) in [5, 5.41) is 0.0888. The lowest BCUT2D eigenvalue weighted by Gasteiger charge is -2.00. The van der Waals surface area contributed by atoms with E-state index in [1.165, 1.54) is 19.2 Å². The number of anilines is 1. The summed E-state index contributed by atoms with van der Waals surface area (Å²) < 4.78 is 17.3. The van der Waals surface area contributed by atoms with Crippen molar-refractivity contribution >= 4 is 28.2 Å². The summed E-state index contributed by atoms with van der Waals surface area (Å²) >= 11 is 0.888. The van der Waals surface area contributed by atoms with E-state index in [1.54, 1.807) is 0 Å². The Hall–Kier alpha value is -2.28. The smallest absolute Gasteiger partial charge is 0.358 e. The molecule has 0 spiro atoms. The molecule has 0 unspecified atom stereocenters. The van der Waals surface area contributed by atoms with E-state index < -0.39 is 17.6 Å². The highest BCUT2D eigenvalue weighted by Gasteiger charge is 2.24. The third kappa shape index (κ3) is 2.60. The van der Waals surface area contributed by atoms with Crippen LogP contribution in [0.3, 0.4) is 0 Å². The Morgan fingerprint density at radius 2 is 1.95 bits per heavy atom. The van der Waals surface area contributed by atoms with Crippen molar-refractivity contribution in [1.82, 2.24) is 4.98 Å². The van der Waals surface area contributed by atoms with Gasteiger partial charge in [0, 0.05) is 5.56 Å². The predicted octanol–water partition coefficient (Wildman–Crippen LogP) is 1.88. The number of aromatic nitrogens is 1. The third-order valence-electron chi connectivity index (χ3n) is 2.34. The van der Waals surface area contributed by atoms with Gasteiger partial charge in [0.25, 0.3) is 0 Å². The van der Waals surface area contributed by atoms with Crippen molar-refractivity contribution in [2.75, 3.05) is 12.8 Å². The van der Waals surface area contributed by atoms with Gasteiger partial charge in [-0.2, -0.15) is 0 Å². The number of thiazole rings is 1. The first kappa shape index (κ1) is 13.2. The van der Waals surface area contributed by atoms with E-state index in [-0.39, 0.29) is 21.3 Å². The first-order chi connectivity index (χ1) is 9.02. The normalized spacial score (nSPS) is 10.2. The van der Waals surface area contributed by atoms with E-state index in [4.69, 9.17) is 5.73 Å². The zero-order valence-electron chi connectivity index (χ0n) is 9.84. The summed E-state index contributed by atoms with van der Waals surface area (Å²) in [4.78, 5) is 27.5. The minimum Gasteiger partial charge on any atom is -0.464 e. The van der Waals surface area contributed by atoms with Crippen molar-refractivity contribution in [3.8, 4) is 0 Å². The number of benzene rings is 1. The molecule has 2 rings (SSSR count). The van der Waals surface area contributed by atoms with Gasteiger partial charge in [-0.05, 0) is 24.3 Å². The summed E-state index contributed by atoms with van der Waals surface area (Å²) in [5.74, 6) is -1.64. The number of ketones is 1. The maximum atomic E-state index is 12.8. The number of halogens is 1. The van der Waals surface area contributed by atoms with E-state index in [9.17, 15) is 14.0 Å². The number of methoxy groups -OCH3 is 1. The number of carbonyl (C=O) groups excluding carboxylic acids is 2. The van der Waals surface area contributed by atoms with Gasteiger partial charge in [0.2, 0.25) is 5.78 Å². The minimum atomic E-state index is -0.738. The molecule has 1 aromatic heterocycles. The van der Waals surface area contributed by atoms with E-state index >= 15 is 0 Å². The second-order valence-corrected chi connectivity index (χ2v) is 4.59. The van der Waals surface area contributed by atoms with Crippen LogP contribution in [0, 0.1) is 5.82 Å². The molecule has 0 saturated heterocycles. The molecule has 0 aliphatic carbocycles. The summed E-state index contributed by atoms with van der Waals surface area (Å²) in [5.41, 5.74) is 5.62. The standard InChI is InChI=1S/C12H9FN2O3S/c1-18-11(17)8-10(19-12(14)15-8)9(16)6-2-4-7(13)5-3-6/h2-5H,1H3,(H2,14,15). The van der Waals surface area contributed by atoms with Crippen LogP contribution in [0.2, 0.25) is 0 Å². The second kappa shape index (κ2) is 5.15. The SMILES string of the molecule is COC(=O)c1nc(N)sc1C(=O)c1ccc(F)cc1. The van der Waals surface area contributed by atoms with Crippen molar-refractivity contribution < 1.29 is 18.7 Å².